The fraction of sp³-hybridized carbons (Fsp3) is 0.562. The number of carbonyl (C=O) groups excluding carboxylic acids is 1. The van der Waals surface area contributed by atoms with Crippen LogP contribution < -0.4 is 10.6 Å². The van der Waals surface area contributed by atoms with Gasteiger partial charge in [-0.3, -0.25) is 0 Å². The summed E-state index contributed by atoms with van der Waals surface area (Å²) in [6, 6.07) is 8.00. The van der Waals surface area contributed by atoms with Crippen molar-refractivity contribution in [3.8, 4) is 0 Å². The minimum absolute atomic E-state index is 0.0927. The topological polar surface area (TPSA) is 61.4 Å². The molecule has 0 aliphatic heterocycles. The number of urea groups is 1. The van der Waals surface area contributed by atoms with Gasteiger partial charge < -0.3 is 15.7 Å². The predicted molar refractivity (Wildman–Crippen MR) is 81.7 cm³/mol. The zero-order chi connectivity index (χ0) is 15.2. The van der Waals surface area contributed by atoms with Gasteiger partial charge in [0.25, 0.3) is 0 Å². The molecule has 2 amide bonds. The summed E-state index contributed by atoms with van der Waals surface area (Å²) >= 11 is 0. The lowest BCUT2D eigenvalue weighted by Crippen LogP contribution is -2.47. The first-order chi connectivity index (χ1) is 9.31. The van der Waals surface area contributed by atoms with Gasteiger partial charge in [0.15, 0.2) is 0 Å². The van der Waals surface area contributed by atoms with E-state index in [1.165, 1.54) is 11.1 Å². The number of rotatable bonds is 6. The van der Waals surface area contributed by atoms with Gasteiger partial charge in [0.05, 0.1) is 5.60 Å². The average molecular weight is 278 g/mol. The lowest BCUT2D eigenvalue weighted by atomic mass is 9.93. The van der Waals surface area contributed by atoms with Crippen LogP contribution in [0.3, 0.4) is 0 Å². The van der Waals surface area contributed by atoms with E-state index in [1.807, 2.05) is 19.9 Å². The number of aliphatic hydroxyl groups is 1. The van der Waals surface area contributed by atoms with Crippen LogP contribution >= 0.6 is 0 Å². The molecule has 0 bridgehead atoms. The number of nitrogens with one attached hydrogen (secondary N) is 2. The number of amides is 2. The molecule has 3 N–H and O–H groups in total. The van der Waals surface area contributed by atoms with Crippen LogP contribution in [0.2, 0.25) is 0 Å². The molecule has 0 spiro atoms. The Bertz CT molecular complexity index is 442. The highest BCUT2D eigenvalue weighted by atomic mass is 16.3. The Kier molecular flexibility index (Phi) is 6.02. The van der Waals surface area contributed by atoms with Crippen LogP contribution in [0, 0.1) is 12.8 Å². The smallest absolute Gasteiger partial charge is 0.314 e. The Hall–Kier alpha value is -1.55. The van der Waals surface area contributed by atoms with Crippen LogP contribution in [0.5, 0.6) is 0 Å². The molecule has 4 heteroatoms. The van der Waals surface area contributed by atoms with Crippen molar-refractivity contribution in [3.05, 3.63) is 35.4 Å². The Morgan fingerprint density at radius 1 is 1.35 bits per heavy atom. The molecule has 0 radical (unpaired) electrons. The fourth-order valence-corrected chi connectivity index (χ4v) is 1.71. The van der Waals surface area contributed by atoms with Crippen molar-refractivity contribution in [1.82, 2.24) is 10.6 Å². The second kappa shape index (κ2) is 7.29. The molecule has 0 aromatic heterocycles. The second-order valence-electron chi connectivity index (χ2n) is 5.86. The minimum Gasteiger partial charge on any atom is -0.388 e. The van der Waals surface area contributed by atoms with E-state index in [0.717, 1.165) is 6.42 Å². The van der Waals surface area contributed by atoms with Gasteiger partial charge in [-0.1, -0.05) is 43.7 Å². The highest BCUT2D eigenvalue weighted by Crippen LogP contribution is 2.14. The molecule has 0 fully saturated rings. The Morgan fingerprint density at radius 2 is 2.05 bits per heavy atom. The molecule has 0 aliphatic rings. The van der Waals surface area contributed by atoms with Gasteiger partial charge in [-0.2, -0.15) is 0 Å². The van der Waals surface area contributed by atoms with Crippen LogP contribution in [-0.4, -0.2) is 29.8 Å². The summed E-state index contributed by atoms with van der Waals surface area (Å²) in [6.07, 6.45) is 0.801. The molecule has 0 saturated carbocycles. The van der Waals surface area contributed by atoms with Gasteiger partial charge in [-0.25, -0.2) is 4.79 Å². The summed E-state index contributed by atoms with van der Waals surface area (Å²) in [5, 5.41) is 15.5. The molecule has 0 saturated heterocycles. The maximum Gasteiger partial charge on any atom is 0.314 e. The summed E-state index contributed by atoms with van der Waals surface area (Å²) in [5.41, 5.74) is 1.55. The van der Waals surface area contributed by atoms with Gasteiger partial charge in [0, 0.05) is 13.1 Å². The van der Waals surface area contributed by atoms with Crippen molar-refractivity contribution in [2.75, 3.05) is 13.1 Å². The standard InChI is InChI=1S/C16H26N2O2/c1-12(2)16(4,20)11-18-15(19)17-9-8-14-7-5-6-13(3)10-14/h5-7,10,12,20H,8-9,11H2,1-4H3,(H2,17,18,19). The van der Waals surface area contributed by atoms with Gasteiger partial charge >= 0.3 is 6.03 Å². The van der Waals surface area contributed by atoms with Crippen LogP contribution in [-0.2, 0) is 6.42 Å². The third kappa shape index (κ3) is 5.61. The first-order valence-electron chi connectivity index (χ1n) is 7.11. The third-order valence-corrected chi connectivity index (χ3v) is 3.63. The highest BCUT2D eigenvalue weighted by Gasteiger charge is 2.25. The zero-order valence-electron chi connectivity index (χ0n) is 12.9. The number of hydrogen-bond acceptors (Lipinski definition) is 2. The summed E-state index contributed by atoms with van der Waals surface area (Å²) in [7, 11) is 0. The molecule has 1 aromatic rings. The fourth-order valence-electron chi connectivity index (χ4n) is 1.71. The van der Waals surface area contributed by atoms with Crippen molar-refractivity contribution in [2.45, 2.75) is 39.7 Å². The van der Waals surface area contributed by atoms with Crippen molar-refractivity contribution < 1.29 is 9.90 Å². The number of hydrogen-bond donors (Lipinski definition) is 3. The first-order valence-corrected chi connectivity index (χ1v) is 7.11. The third-order valence-electron chi connectivity index (χ3n) is 3.63. The van der Waals surface area contributed by atoms with Gasteiger partial charge in [0.2, 0.25) is 0 Å². The molecule has 1 rings (SSSR count). The minimum atomic E-state index is -0.881. The van der Waals surface area contributed by atoms with E-state index in [9.17, 15) is 9.90 Å². The lowest BCUT2D eigenvalue weighted by molar-refractivity contribution is 0.0166. The van der Waals surface area contributed by atoms with Crippen LogP contribution in [0.4, 0.5) is 4.79 Å². The van der Waals surface area contributed by atoms with E-state index < -0.39 is 5.60 Å². The van der Waals surface area contributed by atoms with Gasteiger partial charge in [-0.15, -0.1) is 0 Å². The quantitative estimate of drug-likeness (QED) is 0.747. The molecule has 0 aliphatic carbocycles. The molecule has 1 atom stereocenters. The van der Waals surface area contributed by atoms with Crippen molar-refractivity contribution in [2.24, 2.45) is 5.92 Å². The SMILES string of the molecule is Cc1cccc(CCNC(=O)NCC(C)(O)C(C)C)c1. The summed E-state index contributed by atoms with van der Waals surface area (Å²) in [5.74, 6) is 0.0927. The number of carbonyl (C=O) groups is 1. The molecule has 4 nitrogen and oxygen atoms in total. The number of benzene rings is 1. The largest absolute Gasteiger partial charge is 0.388 e. The van der Waals surface area contributed by atoms with Crippen molar-refractivity contribution >= 4 is 6.03 Å². The van der Waals surface area contributed by atoms with E-state index in [0.29, 0.717) is 6.54 Å². The molecular weight excluding hydrogens is 252 g/mol. The van der Waals surface area contributed by atoms with E-state index in [-0.39, 0.29) is 18.5 Å². The van der Waals surface area contributed by atoms with Crippen LogP contribution in [0.15, 0.2) is 24.3 Å². The highest BCUT2D eigenvalue weighted by molar-refractivity contribution is 5.73. The number of aryl methyl sites for hydroxylation is 1. The van der Waals surface area contributed by atoms with Gasteiger partial charge in [0.1, 0.15) is 0 Å². The maximum absolute atomic E-state index is 11.6. The maximum atomic E-state index is 11.6. The normalized spacial score (nSPS) is 13.9. The first kappa shape index (κ1) is 16.5. The molecule has 112 valence electrons. The van der Waals surface area contributed by atoms with Crippen LogP contribution in [0.1, 0.15) is 31.9 Å². The van der Waals surface area contributed by atoms with Crippen molar-refractivity contribution in [3.63, 3.8) is 0 Å². The van der Waals surface area contributed by atoms with E-state index in [2.05, 4.69) is 35.8 Å². The average Bonchev–Trinajstić information content (AvgIpc) is 2.36. The summed E-state index contributed by atoms with van der Waals surface area (Å²) in [4.78, 5) is 11.6. The molecular formula is C16H26N2O2. The van der Waals surface area contributed by atoms with E-state index >= 15 is 0 Å². The summed E-state index contributed by atoms with van der Waals surface area (Å²) in [6.45, 7) is 8.47. The molecule has 1 unspecified atom stereocenters. The van der Waals surface area contributed by atoms with Crippen molar-refractivity contribution in [1.29, 1.82) is 0 Å². The zero-order valence-corrected chi connectivity index (χ0v) is 12.9. The Balaban J connectivity index is 2.27. The van der Waals surface area contributed by atoms with Gasteiger partial charge in [-0.05, 0) is 31.7 Å². The van der Waals surface area contributed by atoms with Crippen LogP contribution in [0.25, 0.3) is 0 Å². The Labute approximate surface area is 121 Å². The summed E-state index contributed by atoms with van der Waals surface area (Å²) < 4.78 is 0. The van der Waals surface area contributed by atoms with E-state index in [1.54, 1.807) is 6.92 Å². The molecule has 20 heavy (non-hydrogen) atoms. The molecule has 0 heterocycles. The Morgan fingerprint density at radius 3 is 2.65 bits per heavy atom. The van der Waals surface area contributed by atoms with E-state index in [4.69, 9.17) is 0 Å². The monoisotopic (exact) mass is 278 g/mol. The second-order valence-corrected chi connectivity index (χ2v) is 5.86. The lowest BCUT2D eigenvalue weighted by Gasteiger charge is -2.27. The molecule has 1 aromatic carbocycles. The predicted octanol–water partition coefficient (Wildman–Crippen LogP) is 2.24.